The summed E-state index contributed by atoms with van der Waals surface area (Å²) in [5.74, 6) is 0.134. The van der Waals surface area contributed by atoms with Crippen LogP contribution in [0.15, 0.2) is 18.2 Å². The molecule has 1 fully saturated rings. The van der Waals surface area contributed by atoms with Gasteiger partial charge in [-0.3, -0.25) is 4.79 Å². The number of carbonyl (C=O) groups excluding carboxylic acids is 1. The number of carbonyl (C=O) groups is 1. The minimum Gasteiger partial charge on any atom is -0.412 e. The second-order valence-corrected chi connectivity index (χ2v) is 4.59. The van der Waals surface area contributed by atoms with E-state index < -0.39 is 0 Å². The fourth-order valence-electron chi connectivity index (χ4n) is 2.61. The Morgan fingerprint density at radius 3 is 2.58 bits per heavy atom. The molecule has 2 aliphatic rings. The molecule has 6 heteroatoms. The summed E-state index contributed by atoms with van der Waals surface area (Å²) in [6, 6.07) is 6.20. The van der Waals surface area contributed by atoms with E-state index in [1.54, 1.807) is 0 Å². The van der Waals surface area contributed by atoms with Gasteiger partial charge < -0.3 is 21.0 Å². The van der Waals surface area contributed by atoms with E-state index in [2.05, 4.69) is 21.6 Å². The number of nitrogens with zero attached hydrogens (tertiary/aromatic N) is 1. The van der Waals surface area contributed by atoms with Crippen LogP contribution in [-0.2, 0) is 11.2 Å². The van der Waals surface area contributed by atoms with Crippen LogP contribution in [0, 0.1) is 0 Å². The molecule has 1 saturated heterocycles. The summed E-state index contributed by atoms with van der Waals surface area (Å²) in [6.45, 7) is 4.17. The fourth-order valence-corrected chi connectivity index (χ4v) is 2.61. The highest BCUT2D eigenvalue weighted by atomic mass is 35.5. The molecule has 0 radical (unpaired) electrons. The number of anilines is 2. The van der Waals surface area contributed by atoms with Gasteiger partial charge in [0.1, 0.15) is 0 Å². The van der Waals surface area contributed by atoms with Crippen molar-refractivity contribution in [3.8, 4) is 0 Å². The lowest BCUT2D eigenvalue weighted by Gasteiger charge is -2.32. The van der Waals surface area contributed by atoms with E-state index in [4.69, 9.17) is 0 Å². The molecule has 106 valence electrons. The molecule has 2 aliphatic heterocycles. The summed E-state index contributed by atoms with van der Waals surface area (Å²) in [4.78, 5) is 13.8. The van der Waals surface area contributed by atoms with Gasteiger partial charge in [-0.1, -0.05) is 6.07 Å². The SMILES string of the molecule is Cl.O.O=C1CCc2c(cccc2N2CCNCC2)N1. The van der Waals surface area contributed by atoms with Crippen LogP contribution in [0.25, 0.3) is 0 Å². The smallest absolute Gasteiger partial charge is 0.224 e. The van der Waals surface area contributed by atoms with Crippen LogP contribution in [0.5, 0.6) is 0 Å². The third kappa shape index (κ3) is 3.18. The van der Waals surface area contributed by atoms with Gasteiger partial charge in [0, 0.05) is 44.0 Å². The van der Waals surface area contributed by atoms with Gasteiger partial charge in [0.05, 0.1) is 0 Å². The van der Waals surface area contributed by atoms with Crippen molar-refractivity contribution < 1.29 is 10.3 Å². The van der Waals surface area contributed by atoms with E-state index >= 15 is 0 Å². The molecule has 3 rings (SSSR count). The molecule has 0 spiro atoms. The average molecular weight is 286 g/mol. The predicted molar refractivity (Wildman–Crippen MR) is 79.3 cm³/mol. The number of rotatable bonds is 1. The van der Waals surface area contributed by atoms with Gasteiger partial charge in [0.15, 0.2) is 0 Å². The topological polar surface area (TPSA) is 75.9 Å². The number of piperazine rings is 1. The van der Waals surface area contributed by atoms with Crippen LogP contribution in [-0.4, -0.2) is 37.6 Å². The van der Waals surface area contributed by atoms with Gasteiger partial charge in [0.25, 0.3) is 0 Å². The van der Waals surface area contributed by atoms with Gasteiger partial charge in [-0.05, 0) is 24.1 Å². The second-order valence-electron chi connectivity index (χ2n) is 4.59. The van der Waals surface area contributed by atoms with Gasteiger partial charge in [-0.15, -0.1) is 12.4 Å². The Hall–Kier alpha value is -1.30. The molecule has 0 atom stereocenters. The van der Waals surface area contributed by atoms with Gasteiger partial charge in [-0.2, -0.15) is 0 Å². The Morgan fingerprint density at radius 2 is 1.84 bits per heavy atom. The van der Waals surface area contributed by atoms with Crippen molar-refractivity contribution in [2.24, 2.45) is 0 Å². The predicted octanol–water partition coefficient (Wildman–Crippen LogP) is 0.578. The summed E-state index contributed by atoms with van der Waals surface area (Å²) in [5.41, 5.74) is 3.59. The third-order valence-electron chi connectivity index (χ3n) is 3.49. The molecule has 4 N–H and O–H groups in total. The van der Waals surface area contributed by atoms with Gasteiger partial charge in [0.2, 0.25) is 5.91 Å². The van der Waals surface area contributed by atoms with Crippen LogP contribution < -0.4 is 15.5 Å². The average Bonchev–Trinajstić information content (AvgIpc) is 2.39. The summed E-state index contributed by atoms with van der Waals surface area (Å²) < 4.78 is 0. The van der Waals surface area contributed by atoms with Crippen LogP contribution in [0.3, 0.4) is 0 Å². The molecule has 0 aromatic heterocycles. The molecule has 0 aliphatic carbocycles. The van der Waals surface area contributed by atoms with Crippen molar-refractivity contribution in [1.29, 1.82) is 0 Å². The minimum atomic E-state index is 0. The van der Waals surface area contributed by atoms with Crippen LogP contribution in [0.1, 0.15) is 12.0 Å². The van der Waals surface area contributed by atoms with E-state index in [9.17, 15) is 4.79 Å². The Kier molecular flexibility index (Phi) is 5.60. The highest BCUT2D eigenvalue weighted by Crippen LogP contribution is 2.31. The van der Waals surface area contributed by atoms with E-state index in [1.807, 2.05) is 12.1 Å². The first-order valence-corrected chi connectivity index (χ1v) is 6.22. The lowest BCUT2D eigenvalue weighted by Crippen LogP contribution is -2.44. The monoisotopic (exact) mass is 285 g/mol. The number of benzene rings is 1. The number of fused-ring (bicyclic) bond motifs is 1. The molecule has 5 nitrogen and oxygen atoms in total. The molecule has 1 aromatic carbocycles. The van der Waals surface area contributed by atoms with Crippen molar-refractivity contribution in [3.05, 3.63) is 23.8 Å². The van der Waals surface area contributed by atoms with Gasteiger partial charge >= 0.3 is 0 Å². The molecule has 1 aromatic rings. The summed E-state index contributed by atoms with van der Waals surface area (Å²) >= 11 is 0. The summed E-state index contributed by atoms with van der Waals surface area (Å²) in [5, 5.41) is 6.32. The van der Waals surface area contributed by atoms with Crippen LogP contribution in [0.4, 0.5) is 11.4 Å². The highest BCUT2D eigenvalue weighted by molar-refractivity contribution is 5.95. The maximum Gasteiger partial charge on any atom is 0.224 e. The zero-order valence-electron chi connectivity index (χ0n) is 10.7. The second kappa shape index (κ2) is 6.75. The number of hydrogen-bond acceptors (Lipinski definition) is 3. The number of nitrogens with one attached hydrogen (secondary N) is 2. The maximum absolute atomic E-state index is 11.4. The molecular formula is C13H20ClN3O2. The molecular weight excluding hydrogens is 266 g/mol. The van der Waals surface area contributed by atoms with Crippen molar-refractivity contribution >= 4 is 29.7 Å². The lowest BCUT2D eigenvalue weighted by molar-refractivity contribution is -0.116. The molecule has 0 bridgehead atoms. The van der Waals surface area contributed by atoms with E-state index in [0.29, 0.717) is 6.42 Å². The Bertz CT molecular complexity index is 448. The largest absolute Gasteiger partial charge is 0.412 e. The number of hydrogen-bond donors (Lipinski definition) is 2. The zero-order chi connectivity index (χ0) is 11.7. The molecule has 2 heterocycles. The van der Waals surface area contributed by atoms with E-state index in [-0.39, 0.29) is 23.8 Å². The van der Waals surface area contributed by atoms with Crippen molar-refractivity contribution in [2.45, 2.75) is 12.8 Å². The number of halogens is 1. The van der Waals surface area contributed by atoms with E-state index in [1.165, 1.54) is 11.3 Å². The molecule has 0 unspecified atom stereocenters. The quantitative estimate of drug-likeness (QED) is 0.792. The van der Waals surface area contributed by atoms with Crippen molar-refractivity contribution in [1.82, 2.24) is 5.32 Å². The summed E-state index contributed by atoms with van der Waals surface area (Å²) in [7, 11) is 0. The van der Waals surface area contributed by atoms with Gasteiger partial charge in [-0.25, -0.2) is 0 Å². The van der Waals surface area contributed by atoms with E-state index in [0.717, 1.165) is 38.3 Å². The Morgan fingerprint density at radius 1 is 1.11 bits per heavy atom. The lowest BCUT2D eigenvalue weighted by atomic mass is 10.00. The van der Waals surface area contributed by atoms with Crippen LogP contribution >= 0.6 is 12.4 Å². The Labute approximate surface area is 119 Å². The molecule has 1 amide bonds. The first-order chi connectivity index (χ1) is 8.34. The Balaban J connectivity index is 0.000000902. The van der Waals surface area contributed by atoms with Crippen LogP contribution in [0.2, 0.25) is 0 Å². The molecule has 0 saturated carbocycles. The summed E-state index contributed by atoms with van der Waals surface area (Å²) in [6.07, 6.45) is 1.47. The standard InChI is InChI=1S/C13H17N3O.ClH.H2O/c17-13-5-4-10-11(15-13)2-1-3-12(10)16-8-6-14-7-9-16;;/h1-3,14H,4-9H2,(H,15,17);1H;1H2. The first-order valence-electron chi connectivity index (χ1n) is 6.22. The highest BCUT2D eigenvalue weighted by Gasteiger charge is 2.21. The third-order valence-corrected chi connectivity index (χ3v) is 3.49. The maximum atomic E-state index is 11.4. The van der Waals surface area contributed by atoms with Crippen molar-refractivity contribution in [3.63, 3.8) is 0 Å². The first kappa shape index (κ1) is 15.8. The molecule has 19 heavy (non-hydrogen) atoms. The minimum absolute atomic E-state index is 0. The van der Waals surface area contributed by atoms with Crippen molar-refractivity contribution in [2.75, 3.05) is 36.4 Å². The normalized spacial score (nSPS) is 17.7. The fraction of sp³-hybridized carbons (Fsp3) is 0.462. The number of amides is 1. The zero-order valence-corrected chi connectivity index (χ0v) is 11.6.